The van der Waals surface area contributed by atoms with Gasteiger partial charge in [0.1, 0.15) is 11.4 Å². The van der Waals surface area contributed by atoms with E-state index in [-0.39, 0.29) is 0 Å². The average Bonchev–Trinajstić information content (AvgIpc) is 3.33. The smallest absolute Gasteiger partial charge is 0.327 e. The second-order valence-corrected chi connectivity index (χ2v) is 12.6. The van der Waals surface area contributed by atoms with Gasteiger partial charge in [-0.15, -0.1) is 0 Å². The molecule has 0 spiro atoms. The van der Waals surface area contributed by atoms with Crippen molar-refractivity contribution < 1.29 is 23.3 Å². The van der Waals surface area contributed by atoms with Gasteiger partial charge in [-0.1, -0.05) is 19.1 Å². The van der Waals surface area contributed by atoms with E-state index in [0.717, 1.165) is 88.2 Å². The summed E-state index contributed by atoms with van der Waals surface area (Å²) in [6, 6.07) is 14.3. The number of nitrogens with zero attached hydrogens (tertiary/aromatic N) is 2. The second kappa shape index (κ2) is 12.9. The van der Waals surface area contributed by atoms with Crippen molar-refractivity contribution in [1.82, 2.24) is 14.9 Å². The van der Waals surface area contributed by atoms with E-state index in [2.05, 4.69) is 33.1 Å². The second-order valence-electron chi connectivity index (χ2n) is 10.1. The molecule has 208 valence electrons. The Morgan fingerprint density at radius 2 is 2.00 bits per heavy atom. The molecule has 1 aliphatic rings. The van der Waals surface area contributed by atoms with Crippen LogP contribution in [0.25, 0.3) is 33.1 Å². The Morgan fingerprint density at radius 3 is 2.77 bits per heavy atom. The molecular formula is C29H36N3O5PS. The van der Waals surface area contributed by atoms with Gasteiger partial charge < -0.3 is 28.9 Å². The van der Waals surface area contributed by atoms with Gasteiger partial charge in [-0.25, -0.2) is 4.98 Å². The number of hydrogen-bond acceptors (Lipinski definition) is 7. The van der Waals surface area contributed by atoms with Crippen LogP contribution in [0.4, 0.5) is 0 Å². The minimum absolute atomic E-state index is 0.385. The van der Waals surface area contributed by atoms with Gasteiger partial charge in [-0.05, 0) is 92.2 Å². The third-order valence-corrected chi connectivity index (χ3v) is 9.07. The van der Waals surface area contributed by atoms with E-state index in [1.54, 1.807) is 0 Å². The average molecular weight is 570 g/mol. The molecule has 10 heteroatoms. The monoisotopic (exact) mass is 569 g/mol. The first-order valence-electron chi connectivity index (χ1n) is 13.5. The minimum atomic E-state index is -2.26. The van der Waals surface area contributed by atoms with E-state index in [1.165, 1.54) is 0 Å². The van der Waals surface area contributed by atoms with E-state index in [0.29, 0.717) is 24.9 Å². The molecule has 4 aromatic rings. The molecular weight excluding hydrogens is 533 g/mol. The maximum absolute atomic E-state index is 12.5. The molecule has 3 heterocycles. The first kappa shape index (κ1) is 28.1. The summed E-state index contributed by atoms with van der Waals surface area (Å²) in [5.41, 5.74) is 4.92. The number of rotatable bonds is 11. The number of aromatic nitrogens is 2. The lowest BCUT2D eigenvalue weighted by molar-refractivity contribution is 0.128. The van der Waals surface area contributed by atoms with Crippen molar-refractivity contribution in [1.29, 1.82) is 0 Å². The lowest BCUT2D eigenvalue weighted by atomic mass is 9.98. The molecule has 39 heavy (non-hydrogen) atoms. The van der Waals surface area contributed by atoms with Gasteiger partial charge in [-0.3, -0.25) is 4.21 Å². The Hall–Kier alpha value is -2.39. The van der Waals surface area contributed by atoms with Crippen molar-refractivity contribution in [2.75, 3.05) is 38.6 Å². The number of piperidine rings is 1. The Kier molecular flexibility index (Phi) is 9.28. The first-order chi connectivity index (χ1) is 18.9. The predicted octanol–water partition coefficient (Wildman–Crippen LogP) is 5.53. The van der Waals surface area contributed by atoms with E-state index in [1.807, 2.05) is 44.3 Å². The lowest BCUT2D eigenvalue weighted by Gasteiger charge is -2.31. The highest BCUT2D eigenvalue weighted by Crippen LogP contribution is 2.39. The summed E-state index contributed by atoms with van der Waals surface area (Å²) < 4.78 is 23.8. The molecule has 1 saturated heterocycles. The molecule has 3 N–H and O–H groups in total. The van der Waals surface area contributed by atoms with Gasteiger partial charge >= 0.3 is 8.60 Å². The number of ether oxygens (including phenoxy) is 1. The number of likely N-dealkylation sites (tertiary alicyclic amines) is 1. The zero-order valence-electron chi connectivity index (χ0n) is 22.4. The van der Waals surface area contributed by atoms with Crippen LogP contribution in [0, 0.1) is 12.8 Å². The molecule has 2 aromatic heterocycles. The minimum Gasteiger partial charge on any atom is -0.491 e. The highest BCUT2D eigenvalue weighted by Gasteiger charge is 2.21. The molecule has 1 fully saturated rings. The maximum atomic E-state index is 12.5. The van der Waals surface area contributed by atoms with Crippen LogP contribution in [-0.4, -0.2) is 67.5 Å². The van der Waals surface area contributed by atoms with Crippen LogP contribution >= 0.6 is 8.60 Å². The predicted molar refractivity (Wildman–Crippen MR) is 157 cm³/mol. The van der Waals surface area contributed by atoms with Crippen molar-refractivity contribution in [3.05, 3.63) is 54.2 Å². The van der Waals surface area contributed by atoms with Gasteiger partial charge in [0.2, 0.25) is 0 Å². The Balaban J connectivity index is 1.32. The summed E-state index contributed by atoms with van der Waals surface area (Å²) in [4.78, 5) is 29.3. The Labute approximate surface area is 232 Å². The summed E-state index contributed by atoms with van der Waals surface area (Å²) in [5, 5.41) is 2.12. The largest absolute Gasteiger partial charge is 0.491 e. The lowest BCUT2D eigenvalue weighted by Crippen LogP contribution is -2.36. The van der Waals surface area contributed by atoms with Crippen LogP contribution in [0.15, 0.2) is 53.6 Å². The fourth-order valence-electron chi connectivity index (χ4n) is 5.32. The Morgan fingerprint density at radius 1 is 1.18 bits per heavy atom. The fourth-order valence-corrected chi connectivity index (χ4v) is 6.48. The summed E-state index contributed by atoms with van der Waals surface area (Å²) in [6.45, 7) is 7.92. The number of nitrogens with one attached hydrogen (secondary N) is 1. The number of benzene rings is 2. The number of pyridine rings is 1. The SMILES string of the molecule is CCS(=O)c1cccc(-c2ccc(OCCCN3CCC(COP(O)O)CC3)c3[nH]c4ncc(C)cc4c23)c1. The molecule has 8 nitrogen and oxygen atoms in total. The normalized spacial score (nSPS) is 15.9. The molecule has 1 atom stereocenters. The number of aromatic amines is 1. The van der Waals surface area contributed by atoms with Gasteiger partial charge in [0.05, 0.1) is 29.5 Å². The molecule has 0 bridgehead atoms. The zero-order chi connectivity index (χ0) is 27.4. The number of H-pyrrole nitrogens is 1. The number of hydrogen-bond donors (Lipinski definition) is 3. The van der Waals surface area contributed by atoms with Crippen LogP contribution in [0.2, 0.25) is 0 Å². The maximum Gasteiger partial charge on any atom is 0.327 e. The highest BCUT2D eigenvalue weighted by molar-refractivity contribution is 7.85. The van der Waals surface area contributed by atoms with Crippen LogP contribution in [0.5, 0.6) is 5.75 Å². The van der Waals surface area contributed by atoms with Crippen molar-refractivity contribution in [2.45, 2.75) is 38.0 Å². The Bertz CT molecular complexity index is 1450. The van der Waals surface area contributed by atoms with E-state index in [9.17, 15) is 4.21 Å². The summed E-state index contributed by atoms with van der Waals surface area (Å²) in [5.74, 6) is 1.77. The van der Waals surface area contributed by atoms with Gasteiger partial charge in [0, 0.05) is 34.2 Å². The molecule has 0 aliphatic carbocycles. The molecule has 2 aromatic carbocycles. The summed E-state index contributed by atoms with van der Waals surface area (Å²) in [7, 11) is -3.28. The van der Waals surface area contributed by atoms with Gasteiger partial charge in [0.25, 0.3) is 0 Å². The standard InChI is InChI=1S/C29H36N3O5PS/c1-3-39(35)23-7-4-6-22(17-23)24-8-9-26(28-27(24)25-16-20(2)18-30-29(25)31-28)36-15-5-12-32-13-10-21(11-14-32)19-37-38(33)34/h4,6-9,16-18,21,33-34H,3,5,10-15,19H2,1-2H3,(H,30,31). The molecule has 5 rings (SSSR count). The van der Waals surface area contributed by atoms with Crippen LogP contribution in [0.1, 0.15) is 31.7 Å². The van der Waals surface area contributed by atoms with E-state index in [4.69, 9.17) is 19.0 Å². The van der Waals surface area contributed by atoms with Crippen molar-refractivity contribution >= 4 is 41.3 Å². The fraction of sp³-hybridized carbons (Fsp3) is 0.414. The third-order valence-electron chi connectivity index (χ3n) is 7.38. The van der Waals surface area contributed by atoms with Gasteiger partial charge in [-0.2, -0.15) is 0 Å². The quantitative estimate of drug-likeness (QED) is 0.161. The highest BCUT2D eigenvalue weighted by atomic mass is 32.2. The molecule has 1 unspecified atom stereocenters. The summed E-state index contributed by atoms with van der Waals surface area (Å²) >= 11 is 0. The zero-order valence-corrected chi connectivity index (χ0v) is 24.1. The number of fused-ring (bicyclic) bond motifs is 3. The summed E-state index contributed by atoms with van der Waals surface area (Å²) in [6.07, 6.45) is 4.78. The van der Waals surface area contributed by atoms with E-state index >= 15 is 0 Å². The number of aryl methyl sites for hydroxylation is 1. The van der Waals surface area contributed by atoms with Crippen LogP contribution in [0.3, 0.4) is 0 Å². The van der Waals surface area contributed by atoms with E-state index < -0.39 is 19.4 Å². The molecule has 1 aliphatic heterocycles. The van der Waals surface area contributed by atoms with Crippen LogP contribution < -0.4 is 4.74 Å². The molecule has 0 amide bonds. The first-order valence-corrected chi connectivity index (χ1v) is 16.0. The van der Waals surface area contributed by atoms with Crippen molar-refractivity contribution in [2.24, 2.45) is 5.92 Å². The molecule has 0 radical (unpaired) electrons. The van der Waals surface area contributed by atoms with Crippen molar-refractivity contribution in [3.8, 4) is 16.9 Å². The van der Waals surface area contributed by atoms with Crippen molar-refractivity contribution in [3.63, 3.8) is 0 Å². The van der Waals surface area contributed by atoms with Gasteiger partial charge in [0.15, 0.2) is 0 Å². The topological polar surface area (TPSA) is 108 Å². The van der Waals surface area contributed by atoms with Crippen LogP contribution in [-0.2, 0) is 15.3 Å². The third kappa shape index (κ3) is 6.68. The molecule has 0 saturated carbocycles.